The van der Waals surface area contributed by atoms with Crippen LogP contribution in [0.1, 0.15) is 25.3 Å². The van der Waals surface area contributed by atoms with Crippen LogP contribution < -0.4 is 10.2 Å². The third-order valence-electron chi connectivity index (χ3n) is 3.18. The van der Waals surface area contributed by atoms with Crippen molar-refractivity contribution in [3.8, 4) is 0 Å². The van der Waals surface area contributed by atoms with Crippen molar-refractivity contribution in [2.45, 2.75) is 32.0 Å². The zero-order valence-corrected chi connectivity index (χ0v) is 11.2. The second-order valence-corrected chi connectivity index (χ2v) is 4.91. The quantitative estimate of drug-likeness (QED) is 0.894. The molecule has 1 unspecified atom stereocenters. The van der Waals surface area contributed by atoms with E-state index in [1.54, 1.807) is 4.90 Å². The second-order valence-electron chi connectivity index (χ2n) is 4.91. The summed E-state index contributed by atoms with van der Waals surface area (Å²) in [6.07, 6.45) is -3.55. The van der Waals surface area contributed by atoms with E-state index >= 15 is 0 Å². The smallest absolute Gasteiger partial charge is 0.391 e. The Hall–Kier alpha value is -1.50. The van der Waals surface area contributed by atoms with Crippen molar-refractivity contribution in [2.75, 3.05) is 29.9 Å². The number of hydrogen-bond donors (Lipinski definition) is 2. The van der Waals surface area contributed by atoms with Crippen LogP contribution in [0.4, 0.5) is 24.8 Å². The first-order valence-electron chi connectivity index (χ1n) is 6.66. The van der Waals surface area contributed by atoms with Gasteiger partial charge in [0.15, 0.2) is 0 Å². The van der Waals surface area contributed by atoms with E-state index in [9.17, 15) is 18.3 Å². The molecule has 0 aliphatic carbocycles. The molecule has 1 aromatic heterocycles. The number of aromatic nitrogens is 1. The molecule has 0 radical (unpaired) electrons. The molecule has 1 fully saturated rings. The first-order valence-corrected chi connectivity index (χ1v) is 6.66. The van der Waals surface area contributed by atoms with Crippen molar-refractivity contribution in [3.05, 3.63) is 17.7 Å². The first-order chi connectivity index (χ1) is 9.40. The summed E-state index contributed by atoms with van der Waals surface area (Å²) in [5, 5.41) is 12.4. The van der Waals surface area contributed by atoms with Crippen molar-refractivity contribution in [1.82, 2.24) is 4.98 Å². The van der Waals surface area contributed by atoms with Gasteiger partial charge in [0.1, 0.15) is 11.6 Å². The highest BCUT2D eigenvalue weighted by atomic mass is 19.4. The minimum absolute atomic E-state index is 0.220. The Bertz CT molecular complexity index is 465. The zero-order chi connectivity index (χ0) is 14.8. The van der Waals surface area contributed by atoms with E-state index in [0.29, 0.717) is 26.1 Å². The highest BCUT2D eigenvalue weighted by Crippen LogP contribution is 2.33. The Morgan fingerprint density at radius 1 is 1.45 bits per heavy atom. The molecule has 1 aliphatic rings. The number of alkyl halides is 3. The number of hydrogen-bond acceptors (Lipinski definition) is 4. The normalized spacial score (nSPS) is 19.4. The lowest BCUT2D eigenvalue weighted by Gasteiger charge is -2.20. The fraction of sp³-hybridized carbons (Fsp3) is 0.615. The average molecular weight is 289 g/mol. The summed E-state index contributed by atoms with van der Waals surface area (Å²) < 4.78 is 38.7. The van der Waals surface area contributed by atoms with Crippen molar-refractivity contribution in [3.63, 3.8) is 0 Å². The molecule has 1 atom stereocenters. The summed E-state index contributed by atoms with van der Waals surface area (Å²) in [6, 6.07) is 2.06. The number of nitrogens with one attached hydrogen (secondary N) is 1. The second kappa shape index (κ2) is 5.87. The maximum atomic E-state index is 12.9. The Morgan fingerprint density at radius 3 is 2.75 bits per heavy atom. The van der Waals surface area contributed by atoms with Gasteiger partial charge in [0, 0.05) is 19.6 Å². The number of pyridine rings is 1. The molecule has 112 valence electrons. The molecule has 2 heterocycles. The Kier molecular flexibility index (Phi) is 4.37. The lowest BCUT2D eigenvalue weighted by Crippen LogP contribution is -2.23. The van der Waals surface area contributed by atoms with Crippen molar-refractivity contribution >= 4 is 11.6 Å². The minimum atomic E-state index is -4.40. The van der Waals surface area contributed by atoms with Crippen LogP contribution in [-0.2, 0) is 6.18 Å². The number of rotatable bonds is 4. The van der Waals surface area contributed by atoms with Crippen LogP contribution in [0.5, 0.6) is 0 Å². The molecule has 0 saturated carbocycles. The summed E-state index contributed by atoms with van der Waals surface area (Å²) >= 11 is 0. The average Bonchev–Trinajstić information content (AvgIpc) is 2.82. The highest BCUT2D eigenvalue weighted by Gasteiger charge is 2.33. The standard InChI is InChI=1S/C13H18F3N3O/c1-2-4-17-11-6-9(13(14,15)16)7-12(18-11)19-5-3-10(20)8-19/h6-7,10,20H,2-5,8H2,1H3,(H,17,18). The fourth-order valence-electron chi connectivity index (χ4n) is 2.14. The van der Waals surface area contributed by atoms with Crippen LogP contribution in [-0.4, -0.2) is 35.8 Å². The van der Waals surface area contributed by atoms with Gasteiger partial charge in [-0.1, -0.05) is 6.92 Å². The maximum Gasteiger partial charge on any atom is 0.416 e. The monoisotopic (exact) mass is 289 g/mol. The fourth-order valence-corrected chi connectivity index (χ4v) is 2.14. The van der Waals surface area contributed by atoms with E-state index in [1.807, 2.05) is 6.92 Å². The molecule has 0 bridgehead atoms. The van der Waals surface area contributed by atoms with E-state index < -0.39 is 17.8 Å². The predicted molar refractivity (Wildman–Crippen MR) is 70.9 cm³/mol. The van der Waals surface area contributed by atoms with E-state index in [2.05, 4.69) is 10.3 Å². The number of halogens is 3. The Morgan fingerprint density at radius 2 is 2.20 bits per heavy atom. The van der Waals surface area contributed by atoms with E-state index in [-0.39, 0.29) is 11.6 Å². The highest BCUT2D eigenvalue weighted by molar-refractivity contribution is 5.52. The molecular weight excluding hydrogens is 271 g/mol. The molecule has 0 aromatic carbocycles. The van der Waals surface area contributed by atoms with Crippen LogP contribution in [0.2, 0.25) is 0 Å². The van der Waals surface area contributed by atoms with Gasteiger partial charge >= 0.3 is 6.18 Å². The van der Waals surface area contributed by atoms with Gasteiger partial charge in [0.25, 0.3) is 0 Å². The van der Waals surface area contributed by atoms with E-state index in [1.165, 1.54) is 0 Å². The first kappa shape index (κ1) is 14.9. The Balaban J connectivity index is 2.30. The van der Waals surface area contributed by atoms with Gasteiger partial charge in [-0.15, -0.1) is 0 Å². The maximum absolute atomic E-state index is 12.9. The molecule has 7 heteroatoms. The molecule has 0 spiro atoms. The van der Waals surface area contributed by atoms with E-state index in [0.717, 1.165) is 18.6 Å². The molecule has 1 aromatic rings. The Labute approximate surface area is 115 Å². The number of aliphatic hydroxyl groups excluding tert-OH is 1. The zero-order valence-electron chi connectivity index (χ0n) is 11.2. The summed E-state index contributed by atoms with van der Waals surface area (Å²) in [4.78, 5) is 5.88. The molecule has 20 heavy (non-hydrogen) atoms. The molecule has 1 saturated heterocycles. The van der Waals surface area contributed by atoms with Crippen LogP contribution >= 0.6 is 0 Å². The van der Waals surface area contributed by atoms with Crippen molar-refractivity contribution in [1.29, 1.82) is 0 Å². The lowest BCUT2D eigenvalue weighted by atomic mass is 10.2. The number of β-amino-alcohol motifs (C(OH)–C–C–N with tert-alkyl or cyclic N) is 1. The molecular formula is C13H18F3N3O. The third-order valence-corrected chi connectivity index (χ3v) is 3.18. The summed E-state index contributed by atoms with van der Waals surface area (Å²) in [7, 11) is 0. The lowest BCUT2D eigenvalue weighted by molar-refractivity contribution is -0.137. The van der Waals surface area contributed by atoms with Crippen molar-refractivity contribution in [2.24, 2.45) is 0 Å². The van der Waals surface area contributed by atoms with Crippen LogP contribution in [0, 0.1) is 0 Å². The number of nitrogens with zero attached hydrogens (tertiary/aromatic N) is 2. The molecule has 4 nitrogen and oxygen atoms in total. The van der Waals surface area contributed by atoms with Gasteiger partial charge in [0.05, 0.1) is 11.7 Å². The third kappa shape index (κ3) is 3.53. The predicted octanol–water partition coefficient (Wildman–Crippen LogP) is 2.49. The topological polar surface area (TPSA) is 48.4 Å². The van der Waals surface area contributed by atoms with Crippen molar-refractivity contribution < 1.29 is 18.3 Å². The molecule has 2 rings (SSSR count). The van der Waals surface area contributed by atoms with Gasteiger partial charge in [-0.3, -0.25) is 0 Å². The molecule has 2 N–H and O–H groups in total. The number of anilines is 2. The van der Waals surface area contributed by atoms with E-state index in [4.69, 9.17) is 0 Å². The van der Waals surface area contributed by atoms with Gasteiger partial charge in [0.2, 0.25) is 0 Å². The number of aliphatic hydroxyl groups is 1. The summed E-state index contributed by atoms with van der Waals surface area (Å²) in [6.45, 7) is 3.33. The van der Waals surface area contributed by atoms with Gasteiger partial charge in [-0.2, -0.15) is 13.2 Å². The summed E-state index contributed by atoms with van der Waals surface area (Å²) in [5.74, 6) is 0.480. The van der Waals surface area contributed by atoms with Crippen LogP contribution in [0.3, 0.4) is 0 Å². The largest absolute Gasteiger partial charge is 0.416 e. The summed E-state index contributed by atoms with van der Waals surface area (Å²) in [5.41, 5.74) is -0.720. The molecule has 0 amide bonds. The van der Waals surface area contributed by atoms with Crippen LogP contribution in [0.25, 0.3) is 0 Å². The van der Waals surface area contributed by atoms with Gasteiger partial charge < -0.3 is 15.3 Å². The SMILES string of the molecule is CCCNc1cc(C(F)(F)F)cc(N2CCC(O)C2)n1. The molecule has 1 aliphatic heterocycles. The van der Waals surface area contributed by atoms with Gasteiger partial charge in [-0.05, 0) is 25.0 Å². The minimum Gasteiger partial charge on any atom is -0.391 e. The van der Waals surface area contributed by atoms with Gasteiger partial charge in [-0.25, -0.2) is 4.98 Å². The van der Waals surface area contributed by atoms with Crippen LogP contribution in [0.15, 0.2) is 12.1 Å².